The summed E-state index contributed by atoms with van der Waals surface area (Å²) in [6, 6.07) is 6.10. The van der Waals surface area contributed by atoms with Crippen molar-refractivity contribution in [2.45, 2.75) is 19.9 Å². The Morgan fingerprint density at radius 3 is 2.95 bits per heavy atom. The summed E-state index contributed by atoms with van der Waals surface area (Å²) in [6.45, 7) is 5.50. The number of nitrogens with zero attached hydrogens (tertiary/aromatic N) is 3. The molecule has 19 heavy (non-hydrogen) atoms. The molecular weight excluding hydrogens is 240 g/mol. The lowest BCUT2D eigenvalue weighted by molar-refractivity contribution is 0.210. The molecule has 0 aliphatic heterocycles. The first-order valence-corrected chi connectivity index (χ1v) is 6.41. The molecule has 5 nitrogen and oxygen atoms in total. The number of ether oxygens (including phenoxy) is 1. The number of nitrogens with one attached hydrogen (secondary N) is 1. The average Bonchev–Trinajstić information content (AvgIpc) is 2.80. The van der Waals surface area contributed by atoms with Crippen molar-refractivity contribution in [1.29, 1.82) is 0 Å². The third kappa shape index (κ3) is 3.32. The monoisotopic (exact) mass is 260 g/mol. The number of hydrogen-bond donors (Lipinski definition) is 1. The van der Waals surface area contributed by atoms with E-state index < -0.39 is 0 Å². The van der Waals surface area contributed by atoms with Crippen molar-refractivity contribution in [2.24, 2.45) is 0 Å². The molecule has 2 rings (SSSR count). The van der Waals surface area contributed by atoms with Crippen molar-refractivity contribution >= 4 is 5.95 Å². The van der Waals surface area contributed by atoms with Crippen LogP contribution in [-0.2, 0) is 4.74 Å². The van der Waals surface area contributed by atoms with Crippen molar-refractivity contribution in [3.63, 3.8) is 0 Å². The highest BCUT2D eigenvalue weighted by molar-refractivity contribution is 5.31. The van der Waals surface area contributed by atoms with Crippen molar-refractivity contribution in [3.05, 3.63) is 42.0 Å². The largest absolute Gasteiger partial charge is 0.383 e. The molecule has 0 bridgehead atoms. The molecule has 0 aliphatic rings. The SMILES string of the molecule is COCCNc1nc(C)cn1C(C)c1ccccn1. The third-order valence-electron chi connectivity index (χ3n) is 2.98. The van der Waals surface area contributed by atoms with Crippen LogP contribution in [0.15, 0.2) is 30.6 Å². The molecule has 2 aromatic heterocycles. The number of aromatic nitrogens is 3. The fourth-order valence-corrected chi connectivity index (χ4v) is 1.97. The summed E-state index contributed by atoms with van der Waals surface area (Å²) in [6.07, 6.45) is 3.85. The number of pyridine rings is 1. The van der Waals surface area contributed by atoms with Crippen LogP contribution < -0.4 is 5.32 Å². The molecule has 0 aromatic carbocycles. The number of rotatable bonds is 6. The Morgan fingerprint density at radius 1 is 1.42 bits per heavy atom. The minimum absolute atomic E-state index is 0.146. The van der Waals surface area contributed by atoms with E-state index in [1.54, 1.807) is 7.11 Å². The second-order valence-corrected chi connectivity index (χ2v) is 4.46. The van der Waals surface area contributed by atoms with Crippen LogP contribution in [0.25, 0.3) is 0 Å². The van der Waals surface area contributed by atoms with E-state index in [1.807, 2.05) is 37.5 Å². The van der Waals surface area contributed by atoms with Crippen molar-refractivity contribution in [1.82, 2.24) is 14.5 Å². The summed E-state index contributed by atoms with van der Waals surface area (Å²) in [5.74, 6) is 0.854. The Balaban J connectivity index is 2.19. The minimum atomic E-state index is 0.146. The summed E-state index contributed by atoms with van der Waals surface area (Å²) >= 11 is 0. The van der Waals surface area contributed by atoms with E-state index in [2.05, 4.69) is 26.8 Å². The molecule has 102 valence electrons. The summed E-state index contributed by atoms with van der Waals surface area (Å²) < 4.78 is 7.15. The lowest BCUT2D eigenvalue weighted by Gasteiger charge is -2.16. The number of hydrogen-bond acceptors (Lipinski definition) is 4. The van der Waals surface area contributed by atoms with Gasteiger partial charge in [-0.1, -0.05) is 6.07 Å². The van der Waals surface area contributed by atoms with E-state index in [0.717, 1.165) is 23.9 Å². The van der Waals surface area contributed by atoms with Gasteiger partial charge in [-0.15, -0.1) is 0 Å². The van der Waals surface area contributed by atoms with Gasteiger partial charge in [-0.05, 0) is 26.0 Å². The zero-order valence-corrected chi connectivity index (χ0v) is 11.6. The number of imidazole rings is 1. The molecule has 2 aromatic rings. The van der Waals surface area contributed by atoms with Crippen LogP contribution >= 0.6 is 0 Å². The highest BCUT2D eigenvalue weighted by Gasteiger charge is 2.14. The van der Waals surface area contributed by atoms with Gasteiger partial charge in [0, 0.05) is 26.0 Å². The molecular formula is C14H20N4O. The second-order valence-electron chi connectivity index (χ2n) is 4.46. The van der Waals surface area contributed by atoms with Gasteiger partial charge in [0.25, 0.3) is 0 Å². The van der Waals surface area contributed by atoms with Crippen LogP contribution in [0.2, 0.25) is 0 Å². The molecule has 0 saturated carbocycles. The minimum Gasteiger partial charge on any atom is -0.383 e. The van der Waals surface area contributed by atoms with E-state index in [1.165, 1.54) is 0 Å². The molecule has 0 fully saturated rings. The van der Waals surface area contributed by atoms with Gasteiger partial charge in [-0.25, -0.2) is 4.98 Å². The van der Waals surface area contributed by atoms with Crippen LogP contribution in [-0.4, -0.2) is 34.8 Å². The van der Waals surface area contributed by atoms with Crippen LogP contribution in [0.4, 0.5) is 5.95 Å². The van der Waals surface area contributed by atoms with Gasteiger partial charge < -0.3 is 14.6 Å². The van der Waals surface area contributed by atoms with Crippen molar-refractivity contribution in [3.8, 4) is 0 Å². The molecule has 0 saturated heterocycles. The molecule has 1 unspecified atom stereocenters. The standard InChI is InChI=1S/C14H20N4O/c1-11-10-18(14(17-11)16-8-9-19-3)12(2)13-6-4-5-7-15-13/h4-7,10,12H,8-9H2,1-3H3,(H,16,17). The van der Waals surface area contributed by atoms with E-state index in [-0.39, 0.29) is 6.04 Å². The Labute approximate surface area is 113 Å². The molecule has 0 radical (unpaired) electrons. The van der Waals surface area contributed by atoms with Crippen LogP contribution in [0, 0.1) is 6.92 Å². The fourth-order valence-electron chi connectivity index (χ4n) is 1.97. The Morgan fingerprint density at radius 2 is 2.26 bits per heavy atom. The zero-order valence-electron chi connectivity index (χ0n) is 11.6. The molecule has 1 N–H and O–H groups in total. The summed E-state index contributed by atoms with van der Waals surface area (Å²) in [5, 5.41) is 3.28. The molecule has 2 heterocycles. The molecule has 0 aliphatic carbocycles. The van der Waals surface area contributed by atoms with Crippen molar-refractivity contribution < 1.29 is 4.74 Å². The first kappa shape index (κ1) is 13.5. The van der Waals surface area contributed by atoms with Gasteiger partial charge >= 0.3 is 0 Å². The van der Waals surface area contributed by atoms with Gasteiger partial charge in [0.05, 0.1) is 24.0 Å². The molecule has 0 spiro atoms. The lowest BCUT2D eigenvalue weighted by Crippen LogP contribution is -2.15. The normalized spacial score (nSPS) is 12.4. The predicted octanol–water partition coefficient (Wildman–Crippen LogP) is 2.25. The predicted molar refractivity (Wildman–Crippen MR) is 75.4 cm³/mol. The van der Waals surface area contributed by atoms with E-state index in [0.29, 0.717) is 6.61 Å². The maximum absolute atomic E-state index is 5.04. The van der Waals surface area contributed by atoms with E-state index in [9.17, 15) is 0 Å². The molecule has 0 amide bonds. The van der Waals surface area contributed by atoms with Gasteiger partial charge in [-0.2, -0.15) is 0 Å². The molecule has 1 atom stereocenters. The van der Waals surface area contributed by atoms with Crippen LogP contribution in [0.1, 0.15) is 24.4 Å². The van der Waals surface area contributed by atoms with Gasteiger partial charge in [0.15, 0.2) is 0 Å². The maximum atomic E-state index is 5.04. The Bertz CT molecular complexity index is 509. The average molecular weight is 260 g/mol. The number of aryl methyl sites for hydroxylation is 1. The highest BCUT2D eigenvalue weighted by atomic mass is 16.5. The first-order chi connectivity index (χ1) is 9.22. The summed E-state index contributed by atoms with van der Waals surface area (Å²) in [5.41, 5.74) is 2.01. The topological polar surface area (TPSA) is 52.0 Å². The maximum Gasteiger partial charge on any atom is 0.203 e. The highest BCUT2D eigenvalue weighted by Crippen LogP contribution is 2.21. The molecule has 5 heteroatoms. The quantitative estimate of drug-likeness (QED) is 0.809. The van der Waals surface area contributed by atoms with Crippen LogP contribution in [0.5, 0.6) is 0 Å². The second kappa shape index (κ2) is 6.33. The van der Waals surface area contributed by atoms with Crippen molar-refractivity contribution in [2.75, 3.05) is 25.6 Å². The smallest absolute Gasteiger partial charge is 0.203 e. The third-order valence-corrected chi connectivity index (χ3v) is 2.98. The van der Waals surface area contributed by atoms with Gasteiger partial charge in [-0.3, -0.25) is 4.98 Å². The fraction of sp³-hybridized carbons (Fsp3) is 0.429. The van der Waals surface area contributed by atoms with E-state index in [4.69, 9.17) is 4.74 Å². The summed E-state index contributed by atoms with van der Waals surface area (Å²) in [7, 11) is 1.69. The first-order valence-electron chi connectivity index (χ1n) is 6.41. The van der Waals surface area contributed by atoms with Crippen LogP contribution in [0.3, 0.4) is 0 Å². The Kier molecular flexibility index (Phi) is 4.52. The van der Waals surface area contributed by atoms with Gasteiger partial charge in [0.2, 0.25) is 5.95 Å². The van der Waals surface area contributed by atoms with Gasteiger partial charge in [0.1, 0.15) is 0 Å². The number of anilines is 1. The Hall–Kier alpha value is -1.88. The lowest BCUT2D eigenvalue weighted by atomic mass is 10.2. The van der Waals surface area contributed by atoms with E-state index >= 15 is 0 Å². The number of methoxy groups -OCH3 is 1. The zero-order chi connectivity index (χ0) is 13.7. The summed E-state index contributed by atoms with van der Waals surface area (Å²) in [4.78, 5) is 8.90.